The number of amides is 2. The Bertz CT molecular complexity index is 804. The van der Waals surface area contributed by atoms with Crippen LogP contribution < -0.4 is 5.73 Å². The van der Waals surface area contributed by atoms with Crippen LogP contribution in [0.2, 0.25) is 0 Å². The normalized spacial score (nSPS) is 17.0. The molecular formula is C18H23N5O4. The van der Waals surface area contributed by atoms with Crippen LogP contribution >= 0.6 is 0 Å². The molecule has 0 bridgehead atoms. The number of carbonyl (C=O) groups is 2. The van der Waals surface area contributed by atoms with E-state index in [1.165, 1.54) is 6.20 Å². The second-order valence-electron chi connectivity index (χ2n) is 6.58. The smallest absolute Gasteiger partial charge is 0.255 e. The van der Waals surface area contributed by atoms with Gasteiger partial charge in [-0.3, -0.25) is 9.59 Å². The van der Waals surface area contributed by atoms with Crippen molar-refractivity contribution >= 4 is 17.6 Å². The molecule has 9 nitrogen and oxygen atoms in total. The van der Waals surface area contributed by atoms with E-state index in [0.717, 1.165) is 0 Å². The van der Waals surface area contributed by atoms with Crippen molar-refractivity contribution in [1.29, 1.82) is 0 Å². The molecule has 0 aromatic carbocycles. The van der Waals surface area contributed by atoms with E-state index in [0.29, 0.717) is 49.1 Å². The molecule has 2 N–H and O–H groups in total. The molecule has 0 unspecified atom stereocenters. The van der Waals surface area contributed by atoms with Crippen molar-refractivity contribution in [1.82, 2.24) is 19.9 Å². The number of carbonyl (C=O) groups excluding carboxylic acids is 2. The topological polar surface area (TPSA) is 115 Å². The maximum absolute atomic E-state index is 12.8. The van der Waals surface area contributed by atoms with E-state index >= 15 is 0 Å². The summed E-state index contributed by atoms with van der Waals surface area (Å²) in [7, 11) is 1.70. The average molecular weight is 373 g/mol. The van der Waals surface area contributed by atoms with Crippen LogP contribution in [-0.4, -0.2) is 64.6 Å². The van der Waals surface area contributed by atoms with Gasteiger partial charge in [-0.15, -0.1) is 0 Å². The van der Waals surface area contributed by atoms with E-state index in [1.807, 2.05) is 0 Å². The van der Waals surface area contributed by atoms with Gasteiger partial charge in [-0.1, -0.05) is 5.16 Å². The Morgan fingerprint density at radius 2 is 2.22 bits per heavy atom. The molecule has 0 aliphatic carbocycles. The zero-order valence-electron chi connectivity index (χ0n) is 15.4. The van der Waals surface area contributed by atoms with Crippen LogP contribution in [0.3, 0.4) is 0 Å². The molecule has 3 heterocycles. The Morgan fingerprint density at radius 1 is 1.41 bits per heavy atom. The van der Waals surface area contributed by atoms with Crippen LogP contribution in [0.15, 0.2) is 28.9 Å². The molecule has 1 aliphatic heterocycles. The molecule has 0 saturated carbocycles. The molecule has 2 amide bonds. The molecule has 1 atom stereocenters. The summed E-state index contributed by atoms with van der Waals surface area (Å²) in [5.74, 6) is 0.767. The number of aromatic nitrogens is 2. The summed E-state index contributed by atoms with van der Waals surface area (Å²) in [6.07, 6.45) is 1.62. The summed E-state index contributed by atoms with van der Waals surface area (Å²) in [5, 5.41) is 3.90. The number of nitrogen functional groups attached to an aromatic ring is 1. The quantitative estimate of drug-likeness (QED) is 0.826. The van der Waals surface area contributed by atoms with E-state index in [-0.39, 0.29) is 24.3 Å². The van der Waals surface area contributed by atoms with Gasteiger partial charge in [0.15, 0.2) is 0 Å². The summed E-state index contributed by atoms with van der Waals surface area (Å²) in [5.41, 5.74) is 6.70. The summed E-state index contributed by atoms with van der Waals surface area (Å²) < 4.78 is 10.5. The first-order valence-corrected chi connectivity index (χ1v) is 8.70. The van der Waals surface area contributed by atoms with E-state index < -0.39 is 0 Å². The van der Waals surface area contributed by atoms with Crippen LogP contribution in [0.4, 0.5) is 5.82 Å². The summed E-state index contributed by atoms with van der Waals surface area (Å²) in [6, 6.07) is 4.68. The van der Waals surface area contributed by atoms with Crippen LogP contribution in [0.5, 0.6) is 0 Å². The van der Waals surface area contributed by atoms with Gasteiger partial charge in [-0.05, 0) is 19.1 Å². The fourth-order valence-corrected chi connectivity index (χ4v) is 2.97. The van der Waals surface area contributed by atoms with Crippen LogP contribution in [0.25, 0.3) is 0 Å². The van der Waals surface area contributed by atoms with Gasteiger partial charge in [0.2, 0.25) is 5.91 Å². The zero-order valence-corrected chi connectivity index (χ0v) is 15.4. The monoisotopic (exact) mass is 373 g/mol. The van der Waals surface area contributed by atoms with Gasteiger partial charge in [0.1, 0.15) is 17.3 Å². The van der Waals surface area contributed by atoms with Crippen molar-refractivity contribution in [2.75, 3.05) is 32.5 Å². The van der Waals surface area contributed by atoms with Gasteiger partial charge in [0.05, 0.1) is 31.4 Å². The number of nitrogens with zero attached hydrogens (tertiary/aromatic N) is 4. The van der Waals surface area contributed by atoms with Crippen LogP contribution in [0, 0.1) is 6.92 Å². The number of hydrogen-bond acceptors (Lipinski definition) is 7. The lowest BCUT2D eigenvalue weighted by molar-refractivity contribution is -0.133. The summed E-state index contributed by atoms with van der Waals surface area (Å²) in [6.45, 7) is 3.32. The predicted octanol–water partition coefficient (Wildman–Crippen LogP) is 0.850. The van der Waals surface area contributed by atoms with Gasteiger partial charge >= 0.3 is 0 Å². The highest BCUT2D eigenvalue weighted by Crippen LogP contribution is 2.17. The molecule has 1 saturated heterocycles. The lowest BCUT2D eigenvalue weighted by Crippen LogP contribution is -2.50. The molecule has 2 aromatic heterocycles. The van der Waals surface area contributed by atoms with E-state index in [9.17, 15) is 9.59 Å². The molecule has 144 valence electrons. The second-order valence-corrected chi connectivity index (χ2v) is 6.58. The third kappa shape index (κ3) is 4.62. The molecule has 27 heavy (non-hydrogen) atoms. The maximum atomic E-state index is 12.8. The van der Waals surface area contributed by atoms with Gasteiger partial charge in [0, 0.05) is 32.3 Å². The second kappa shape index (κ2) is 8.17. The molecule has 1 fully saturated rings. The number of ether oxygens (including phenoxy) is 1. The van der Waals surface area contributed by atoms with Crippen molar-refractivity contribution in [3.63, 3.8) is 0 Å². The first kappa shape index (κ1) is 18.8. The highest BCUT2D eigenvalue weighted by Gasteiger charge is 2.31. The number of aryl methyl sites for hydroxylation is 1. The number of nitrogens with two attached hydrogens (primary N) is 1. The molecule has 3 rings (SSSR count). The van der Waals surface area contributed by atoms with E-state index in [2.05, 4.69) is 10.1 Å². The first-order valence-electron chi connectivity index (χ1n) is 8.70. The fraction of sp³-hybridized carbons (Fsp3) is 0.444. The standard InChI is InChI=1S/C18H23N5O4/c1-12-7-14(21-27-12)10-22(2)17(24)8-15-11-26-6-5-23(15)18(25)13-3-4-16(19)20-9-13/h3-4,7,9,15H,5-6,8,10-11H2,1-2H3,(H2,19,20)/t15-/m1/s1. The largest absolute Gasteiger partial charge is 0.384 e. The van der Waals surface area contributed by atoms with Gasteiger partial charge in [-0.25, -0.2) is 4.98 Å². The third-order valence-electron chi connectivity index (χ3n) is 4.43. The third-order valence-corrected chi connectivity index (χ3v) is 4.43. The summed E-state index contributed by atoms with van der Waals surface area (Å²) in [4.78, 5) is 32.6. The molecular weight excluding hydrogens is 350 g/mol. The van der Waals surface area contributed by atoms with E-state index in [1.54, 1.807) is 42.0 Å². The van der Waals surface area contributed by atoms with Gasteiger partial charge in [0.25, 0.3) is 5.91 Å². The lowest BCUT2D eigenvalue weighted by atomic mass is 10.1. The SMILES string of the molecule is Cc1cc(CN(C)C(=O)C[C@@H]2COCCN2C(=O)c2ccc(N)nc2)no1. The van der Waals surface area contributed by atoms with Crippen LogP contribution in [-0.2, 0) is 16.1 Å². The molecule has 0 radical (unpaired) electrons. The number of morpholine rings is 1. The number of rotatable bonds is 5. The highest BCUT2D eigenvalue weighted by molar-refractivity contribution is 5.94. The minimum Gasteiger partial charge on any atom is -0.384 e. The Balaban J connectivity index is 1.65. The van der Waals surface area contributed by atoms with Gasteiger partial charge < -0.3 is 24.8 Å². The lowest BCUT2D eigenvalue weighted by Gasteiger charge is -2.36. The minimum atomic E-state index is -0.335. The number of anilines is 1. The fourth-order valence-electron chi connectivity index (χ4n) is 2.97. The summed E-state index contributed by atoms with van der Waals surface area (Å²) >= 11 is 0. The number of hydrogen-bond donors (Lipinski definition) is 1. The van der Waals surface area contributed by atoms with Crippen molar-refractivity contribution < 1.29 is 18.8 Å². The van der Waals surface area contributed by atoms with Crippen LogP contribution in [0.1, 0.15) is 28.2 Å². The maximum Gasteiger partial charge on any atom is 0.255 e. The van der Waals surface area contributed by atoms with Crippen molar-refractivity contribution in [3.05, 3.63) is 41.4 Å². The van der Waals surface area contributed by atoms with Crippen molar-refractivity contribution in [3.8, 4) is 0 Å². The van der Waals surface area contributed by atoms with Gasteiger partial charge in [-0.2, -0.15) is 0 Å². The predicted molar refractivity (Wildman–Crippen MR) is 96.6 cm³/mol. The average Bonchev–Trinajstić information content (AvgIpc) is 3.07. The Labute approximate surface area is 157 Å². The minimum absolute atomic E-state index is 0.0978. The Kier molecular flexibility index (Phi) is 5.70. The van der Waals surface area contributed by atoms with E-state index in [4.69, 9.17) is 15.0 Å². The Hall–Kier alpha value is -2.94. The Morgan fingerprint density at radius 3 is 2.89 bits per heavy atom. The molecule has 9 heteroatoms. The van der Waals surface area contributed by atoms with Crippen molar-refractivity contribution in [2.45, 2.75) is 25.9 Å². The first-order chi connectivity index (χ1) is 12.9. The highest BCUT2D eigenvalue weighted by atomic mass is 16.5. The number of pyridine rings is 1. The molecule has 1 aliphatic rings. The van der Waals surface area contributed by atoms with Crippen molar-refractivity contribution in [2.24, 2.45) is 0 Å². The molecule has 0 spiro atoms. The molecule has 2 aromatic rings. The zero-order chi connectivity index (χ0) is 19.4.